The zero-order chi connectivity index (χ0) is 20.8. The Labute approximate surface area is 185 Å². The van der Waals surface area contributed by atoms with Crippen LogP contribution in [0.5, 0.6) is 11.5 Å². The van der Waals surface area contributed by atoms with Gasteiger partial charge < -0.3 is 9.47 Å². The van der Waals surface area contributed by atoms with Crippen LogP contribution in [-0.2, 0) is 6.54 Å². The van der Waals surface area contributed by atoms with E-state index in [2.05, 4.69) is 47.5 Å². The molecule has 0 aliphatic heterocycles. The maximum absolute atomic E-state index is 12.4. The smallest absolute Gasteiger partial charge is 0.293 e. The third-order valence-corrected chi connectivity index (χ3v) is 5.11. The molecule has 0 radical (unpaired) electrons. The molecule has 0 aliphatic carbocycles. The predicted molar refractivity (Wildman–Crippen MR) is 118 cm³/mol. The number of benzene rings is 2. The molecule has 0 fully saturated rings. The third-order valence-electron chi connectivity index (χ3n) is 4.00. The Bertz CT molecular complexity index is 1030. The van der Waals surface area contributed by atoms with Gasteiger partial charge in [0, 0.05) is 22.3 Å². The number of hydrogen-bond donors (Lipinski definition) is 1. The van der Waals surface area contributed by atoms with Gasteiger partial charge in [-0.15, -0.1) is 0 Å². The molecule has 3 rings (SSSR count). The summed E-state index contributed by atoms with van der Waals surface area (Å²) < 4.78 is 13.8. The van der Waals surface area contributed by atoms with Crippen LogP contribution in [0.15, 0.2) is 62.7 Å². The Balaban J connectivity index is 1.67. The van der Waals surface area contributed by atoms with E-state index in [9.17, 15) is 4.79 Å². The molecule has 1 N–H and O–H groups in total. The van der Waals surface area contributed by atoms with Crippen molar-refractivity contribution in [3.8, 4) is 11.5 Å². The summed E-state index contributed by atoms with van der Waals surface area (Å²) in [6.45, 7) is 0.547. The van der Waals surface area contributed by atoms with Crippen molar-refractivity contribution in [1.82, 2.24) is 15.2 Å². The molecule has 0 atom stereocenters. The molecule has 0 bridgehead atoms. The zero-order valence-electron chi connectivity index (χ0n) is 15.7. The summed E-state index contributed by atoms with van der Waals surface area (Å²) in [6.07, 6.45) is 3.26. The number of hydrazone groups is 1. The number of halogens is 2. The van der Waals surface area contributed by atoms with Gasteiger partial charge in [0.05, 0.1) is 31.5 Å². The topological polar surface area (TPSA) is 77.7 Å². The highest BCUT2D eigenvalue weighted by Crippen LogP contribution is 2.23. The number of methoxy groups -OCH3 is 2. The first-order valence-corrected chi connectivity index (χ1v) is 10.1. The van der Waals surface area contributed by atoms with Crippen LogP contribution in [0.3, 0.4) is 0 Å². The lowest BCUT2D eigenvalue weighted by Crippen LogP contribution is -2.19. The van der Waals surface area contributed by atoms with Crippen LogP contribution in [0, 0.1) is 0 Å². The first-order valence-electron chi connectivity index (χ1n) is 8.53. The Morgan fingerprint density at radius 1 is 1.17 bits per heavy atom. The van der Waals surface area contributed by atoms with Crippen molar-refractivity contribution in [2.24, 2.45) is 5.10 Å². The van der Waals surface area contributed by atoms with Crippen LogP contribution in [0.4, 0.5) is 0 Å². The van der Waals surface area contributed by atoms with Crippen LogP contribution in [0.2, 0.25) is 0 Å². The highest BCUT2D eigenvalue weighted by atomic mass is 79.9. The molecule has 1 aromatic heterocycles. The maximum atomic E-state index is 12.4. The van der Waals surface area contributed by atoms with E-state index in [4.69, 9.17) is 9.47 Å². The van der Waals surface area contributed by atoms with Crippen LogP contribution in [0.1, 0.15) is 21.6 Å². The second-order valence-electron chi connectivity index (χ2n) is 5.96. The van der Waals surface area contributed by atoms with Gasteiger partial charge in [-0.2, -0.15) is 10.2 Å². The summed E-state index contributed by atoms with van der Waals surface area (Å²) in [7, 11) is 3.14. The van der Waals surface area contributed by atoms with Crippen molar-refractivity contribution in [1.29, 1.82) is 0 Å². The molecule has 0 saturated carbocycles. The summed E-state index contributed by atoms with van der Waals surface area (Å²) in [5, 5.41) is 8.35. The molecule has 9 heteroatoms. The fourth-order valence-electron chi connectivity index (χ4n) is 2.55. The number of aromatic nitrogens is 2. The number of rotatable bonds is 7. The van der Waals surface area contributed by atoms with Crippen LogP contribution in [0.25, 0.3) is 0 Å². The number of nitrogens with one attached hydrogen (secondary N) is 1. The average Bonchev–Trinajstić information content (AvgIpc) is 3.09. The molecule has 2 aromatic carbocycles. The van der Waals surface area contributed by atoms with E-state index in [0.29, 0.717) is 28.1 Å². The van der Waals surface area contributed by atoms with Gasteiger partial charge in [-0.05, 0) is 45.8 Å². The van der Waals surface area contributed by atoms with E-state index in [1.807, 2.05) is 24.3 Å². The summed E-state index contributed by atoms with van der Waals surface area (Å²) in [5.41, 5.74) is 4.51. The second kappa shape index (κ2) is 9.71. The molecule has 0 aliphatic rings. The van der Waals surface area contributed by atoms with E-state index in [0.717, 1.165) is 10.0 Å². The summed E-state index contributed by atoms with van der Waals surface area (Å²) in [4.78, 5) is 12.4. The monoisotopic (exact) mass is 520 g/mol. The van der Waals surface area contributed by atoms with E-state index >= 15 is 0 Å². The molecule has 29 heavy (non-hydrogen) atoms. The van der Waals surface area contributed by atoms with Gasteiger partial charge in [0.15, 0.2) is 5.69 Å². The van der Waals surface area contributed by atoms with Crippen LogP contribution < -0.4 is 14.9 Å². The van der Waals surface area contributed by atoms with Crippen molar-refractivity contribution in [2.45, 2.75) is 6.54 Å². The molecule has 0 unspecified atom stereocenters. The van der Waals surface area contributed by atoms with Crippen molar-refractivity contribution in [2.75, 3.05) is 14.2 Å². The first kappa shape index (κ1) is 21.1. The zero-order valence-corrected chi connectivity index (χ0v) is 18.9. The number of nitrogens with zero attached hydrogens (tertiary/aromatic N) is 3. The first-order chi connectivity index (χ1) is 14.0. The fraction of sp³-hybridized carbons (Fsp3) is 0.150. The van der Waals surface area contributed by atoms with E-state index in [-0.39, 0.29) is 5.69 Å². The van der Waals surface area contributed by atoms with Gasteiger partial charge in [-0.25, -0.2) is 5.43 Å². The normalized spacial score (nSPS) is 10.9. The molecule has 150 valence electrons. The Morgan fingerprint density at radius 2 is 1.93 bits per heavy atom. The SMILES string of the molecule is COc1ccc(/C=N\NC(=O)c2nn(Cc3ccc(Br)cc3)cc2Br)c(OC)c1. The van der Waals surface area contributed by atoms with Crippen molar-refractivity contribution < 1.29 is 14.3 Å². The fourth-order valence-corrected chi connectivity index (χ4v) is 3.31. The van der Waals surface area contributed by atoms with Crippen molar-refractivity contribution in [3.05, 3.63) is 74.4 Å². The van der Waals surface area contributed by atoms with Gasteiger partial charge in [0.1, 0.15) is 11.5 Å². The standard InChI is InChI=1S/C20H18Br2N4O3/c1-28-16-8-5-14(18(9-16)29-2)10-23-24-20(27)19-17(22)12-26(25-19)11-13-3-6-15(21)7-4-13/h3-10,12H,11H2,1-2H3,(H,24,27)/b23-10-. The number of ether oxygens (including phenoxy) is 2. The molecule has 0 spiro atoms. The van der Waals surface area contributed by atoms with Gasteiger partial charge in [-0.3, -0.25) is 9.48 Å². The van der Waals surface area contributed by atoms with Crippen molar-refractivity contribution in [3.63, 3.8) is 0 Å². The van der Waals surface area contributed by atoms with Crippen LogP contribution >= 0.6 is 31.9 Å². The van der Waals surface area contributed by atoms with E-state index in [1.54, 1.807) is 43.3 Å². The maximum Gasteiger partial charge on any atom is 0.293 e. The van der Waals surface area contributed by atoms with Crippen LogP contribution in [-0.4, -0.2) is 36.1 Å². The van der Waals surface area contributed by atoms with E-state index < -0.39 is 5.91 Å². The third kappa shape index (κ3) is 5.45. The molecule has 7 nitrogen and oxygen atoms in total. The highest BCUT2D eigenvalue weighted by molar-refractivity contribution is 9.10. The number of carbonyl (C=O) groups excluding carboxylic acids is 1. The molecule has 0 saturated heterocycles. The number of carbonyl (C=O) groups is 1. The Kier molecular flexibility index (Phi) is 7.05. The highest BCUT2D eigenvalue weighted by Gasteiger charge is 2.15. The van der Waals surface area contributed by atoms with Gasteiger partial charge >= 0.3 is 0 Å². The minimum absolute atomic E-state index is 0.251. The number of hydrogen-bond acceptors (Lipinski definition) is 5. The lowest BCUT2D eigenvalue weighted by Gasteiger charge is -2.06. The molecule has 1 amide bonds. The molecule has 1 heterocycles. The predicted octanol–water partition coefficient (Wildman–Crippen LogP) is 4.24. The lowest BCUT2D eigenvalue weighted by atomic mass is 10.2. The van der Waals surface area contributed by atoms with Gasteiger partial charge in [-0.1, -0.05) is 28.1 Å². The van der Waals surface area contributed by atoms with Crippen molar-refractivity contribution >= 4 is 44.0 Å². The summed E-state index contributed by atoms with van der Waals surface area (Å²) in [5.74, 6) is 0.834. The summed E-state index contributed by atoms with van der Waals surface area (Å²) >= 11 is 6.79. The largest absolute Gasteiger partial charge is 0.497 e. The Morgan fingerprint density at radius 3 is 2.62 bits per heavy atom. The molecule has 3 aromatic rings. The lowest BCUT2D eigenvalue weighted by molar-refractivity contribution is 0.0948. The minimum atomic E-state index is -0.421. The summed E-state index contributed by atoms with van der Waals surface area (Å²) in [6, 6.07) is 13.2. The quantitative estimate of drug-likeness (QED) is 0.372. The molecular weight excluding hydrogens is 504 g/mol. The minimum Gasteiger partial charge on any atom is -0.497 e. The van der Waals surface area contributed by atoms with E-state index in [1.165, 1.54) is 6.21 Å². The van der Waals surface area contributed by atoms with Gasteiger partial charge in [0.2, 0.25) is 0 Å². The molecular formula is C20H18Br2N4O3. The van der Waals surface area contributed by atoms with Gasteiger partial charge in [0.25, 0.3) is 5.91 Å². The second-order valence-corrected chi connectivity index (χ2v) is 7.73. The average molecular weight is 522 g/mol. The number of amides is 1. The Hall–Kier alpha value is -2.65.